The Morgan fingerprint density at radius 2 is 0.909 bits per heavy atom. The number of aliphatic carboxylic acids is 2. The molecule has 2 aromatic rings. The summed E-state index contributed by atoms with van der Waals surface area (Å²) in [5.41, 5.74) is 0. The molecule has 2 aliphatic carbocycles. The van der Waals surface area contributed by atoms with Gasteiger partial charge in [-0.15, -0.1) is 0 Å². The first kappa shape index (κ1) is 35.3. The van der Waals surface area contributed by atoms with Crippen LogP contribution in [0.2, 0.25) is 0 Å². The van der Waals surface area contributed by atoms with Gasteiger partial charge >= 0.3 is 11.9 Å². The van der Waals surface area contributed by atoms with Gasteiger partial charge in [0.1, 0.15) is 11.5 Å². The van der Waals surface area contributed by atoms with E-state index in [-0.39, 0.29) is 33.5 Å². The lowest BCUT2D eigenvalue weighted by atomic mass is 9.82. The molecule has 0 amide bonds. The number of methoxy groups -OCH3 is 2. The maximum Gasteiger partial charge on any atom is 0.306 e. The summed E-state index contributed by atoms with van der Waals surface area (Å²) in [7, 11) is -4.03. The molecule has 0 unspecified atom stereocenters. The fourth-order valence-corrected chi connectivity index (χ4v) is 7.59. The second kappa shape index (κ2) is 16.2. The van der Waals surface area contributed by atoms with E-state index < -0.39 is 32.0 Å². The predicted molar refractivity (Wildman–Crippen MR) is 163 cm³/mol. The van der Waals surface area contributed by atoms with Crippen LogP contribution in [0.5, 0.6) is 11.5 Å². The van der Waals surface area contributed by atoms with Crippen LogP contribution >= 0.6 is 0 Å². The molecule has 4 N–H and O–H groups in total. The Labute approximate surface area is 259 Å². The van der Waals surface area contributed by atoms with Gasteiger partial charge in [-0.2, -0.15) is 0 Å². The van der Waals surface area contributed by atoms with Gasteiger partial charge in [0.05, 0.1) is 35.8 Å². The van der Waals surface area contributed by atoms with E-state index in [0.29, 0.717) is 50.3 Å². The first-order valence-corrected chi connectivity index (χ1v) is 17.5. The number of rotatable bonds is 12. The minimum absolute atomic E-state index is 0.198. The van der Waals surface area contributed by atoms with E-state index in [1.807, 2.05) is 0 Å². The minimum Gasteiger partial charge on any atom is -0.497 e. The Morgan fingerprint density at radius 1 is 0.614 bits per heavy atom. The molecule has 14 heteroatoms. The zero-order chi connectivity index (χ0) is 32.3. The summed E-state index contributed by atoms with van der Waals surface area (Å²) in [4.78, 5) is 22.2. The van der Waals surface area contributed by atoms with Crippen molar-refractivity contribution in [3.8, 4) is 11.5 Å². The van der Waals surface area contributed by atoms with Crippen molar-refractivity contribution >= 4 is 32.0 Å². The van der Waals surface area contributed by atoms with Crippen LogP contribution in [0.15, 0.2) is 58.3 Å². The van der Waals surface area contributed by atoms with Gasteiger partial charge in [0, 0.05) is 13.1 Å². The van der Waals surface area contributed by atoms with Crippen molar-refractivity contribution in [3.63, 3.8) is 0 Å². The average Bonchev–Trinajstić information content (AvgIpc) is 3.03. The molecule has 2 saturated carbocycles. The summed E-state index contributed by atoms with van der Waals surface area (Å²) >= 11 is 0. The lowest BCUT2D eigenvalue weighted by molar-refractivity contribution is -0.144. The number of hydrogen-bond acceptors (Lipinski definition) is 8. The molecule has 244 valence electrons. The van der Waals surface area contributed by atoms with Crippen LogP contribution in [0.4, 0.5) is 0 Å². The molecule has 2 aliphatic rings. The fourth-order valence-electron chi connectivity index (χ4n) is 5.36. The normalized spacial score (nSPS) is 22.2. The third-order valence-electron chi connectivity index (χ3n) is 8.26. The highest BCUT2D eigenvalue weighted by Gasteiger charge is 2.28. The van der Waals surface area contributed by atoms with Gasteiger partial charge in [0.2, 0.25) is 20.0 Å². The summed E-state index contributed by atoms with van der Waals surface area (Å²) in [6.45, 7) is 0.696. The van der Waals surface area contributed by atoms with Crippen LogP contribution in [0.1, 0.15) is 51.4 Å². The highest BCUT2D eigenvalue weighted by Crippen LogP contribution is 2.30. The maximum atomic E-state index is 12.2. The Balaban J connectivity index is 0.000000240. The third-order valence-corrected chi connectivity index (χ3v) is 11.1. The van der Waals surface area contributed by atoms with Crippen LogP contribution in [0, 0.1) is 23.7 Å². The zero-order valence-corrected chi connectivity index (χ0v) is 26.6. The minimum atomic E-state index is -3.54. The molecule has 0 aliphatic heterocycles. The molecule has 12 nitrogen and oxygen atoms in total. The van der Waals surface area contributed by atoms with Crippen LogP contribution in [0.3, 0.4) is 0 Å². The molecule has 0 radical (unpaired) electrons. The quantitative estimate of drug-likeness (QED) is 0.263. The largest absolute Gasteiger partial charge is 0.497 e. The topological polar surface area (TPSA) is 185 Å². The van der Waals surface area contributed by atoms with Crippen molar-refractivity contribution in [2.24, 2.45) is 23.7 Å². The summed E-state index contributed by atoms with van der Waals surface area (Å²) in [6.07, 6.45) is 5.41. The van der Waals surface area contributed by atoms with E-state index >= 15 is 0 Å². The molecule has 0 aromatic heterocycles. The number of sulfonamides is 2. The summed E-state index contributed by atoms with van der Waals surface area (Å²) < 4.78 is 64.0. The van der Waals surface area contributed by atoms with E-state index in [2.05, 4.69) is 9.44 Å². The molecular weight excluding hydrogens is 612 g/mol. The standard InChI is InChI=1S/2C15H21NO5S/c2*1-21-13-6-8-14(9-7-13)22(19,20)16-10-11-2-4-12(5-3-11)15(17)18/h2*6-9,11-12,16H,2-5,10H2,1H3,(H,17,18). The molecule has 0 saturated heterocycles. The van der Waals surface area contributed by atoms with Crippen molar-refractivity contribution in [2.75, 3.05) is 27.3 Å². The summed E-state index contributed by atoms with van der Waals surface area (Å²) in [5.74, 6) is -0.470. The predicted octanol–water partition coefficient (Wildman–Crippen LogP) is 3.73. The molecule has 2 fully saturated rings. The second-order valence-corrected chi connectivity index (χ2v) is 14.7. The van der Waals surface area contributed by atoms with E-state index in [1.54, 1.807) is 24.3 Å². The van der Waals surface area contributed by atoms with Gasteiger partial charge < -0.3 is 19.7 Å². The highest BCUT2D eigenvalue weighted by molar-refractivity contribution is 7.89. The summed E-state index contributed by atoms with van der Waals surface area (Å²) in [5, 5.41) is 17.9. The smallest absolute Gasteiger partial charge is 0.306 e. The van der Waals surface area contributed by atoms with Gasteiger partial charge in [-0.1, -0.05) is 0 Å². The number of carboxylic acids is 2. The second-order valence-electron chi connectivity index (χ2n) is 11.2. The van der Waals surface area contributed by atoms with Crippen LogP contribution < -0.4 is 18.9 Å². The van der Waals surface area contributed by atoms with Gasteiger partial charge in [0.25, 0.3) is 0 Å². The summed E-state index contributed by atoms with van der Waals surface area (Å²) in [6, 6.07) is 12.4. The Morgan fingerprint density at radius 3 is 1.16 bits per heavy atom. The first-order valence-electron chi connectivity index (χ1n) is 14.6. The molecule has 0 bridgehead atoms. The molecule has 0 heterocycles. The molecule has 44 heavy (non-hydrogen) atoms. The van der Waals surface area contributed by atoms with Crippen molar-refractivity contribution in [1.82, 2.24) is 9.44 Å². The van der Waals surface area contributed by atoms with Gasteiger partial charge in [-0.3, -0.25) is 9.59 Å². The van der Waals surface area contributed by atoms with Crippen LogP contribution in [-0.2, 0) is 29.6 Å². The SMILES string of the molecule is COc1ccc(S(=O)(=O)NCC2CCC(C(=O)O)CC2)cc1.COc1ccc(S(=O)(=O)NCC2CCC(C(=O)O)CC2)cc1. The van der Waals surface area contributed by atoms with E-state index in [9.17, 15) is 26.4 Å². The molecule has 0 spiro atoms. The number of hydrogen-bond donors (Lipinski definition) is 4. The number of ether oxygens (including phenoxy) is 2. The number of carbonyl (C=O) groups is 2. The van der Waals surface area contributed by atoms with Gasteiger partial charge in [0.15, 0.2) is 0 Å². The van der Waals surface area contributed by atoms with E-state index in [1.165, 1.54) is 38.5 Å². The van der Waals surface area contributed by atoms with Gasteiger partial charge in [-0.25, -0.2) is 26.3 Å². The lowest BCUT2D eigenvalue weighted by Gasteiger charge is -2.26. The Kier molecular flexibility index (Phi) is 13.0. The zero-order valence-electron chi connectivity index (χ0n) is 25.0. The number of benzene rings is 2. The van der Waals surface area contributed by atoms with Crippen LogP contribution in [-0.4, -0.2) is 66.3 Å². The van der Waals surface area contributed by atoms with Crippen molar-refractivity contribution in [1.29, 1.82) is 0 Å². The maximum absolute atomic E-state index is 12.2. The first-order chi connectivity index (χ1) is 20.8. The highest BCUT2D eigenvalue weighted by atomic mass is 32.2. The van der Waals surface area contributed by atoms with E-state index in [4.69, 9.17) is 19.7 Å². The molecule has 4 rings (SSSR count). The Bertz CT molecular complexity index is 1320. The molecule has 0 atom stereocenters. The van der Waals surface area contributed by atoms with Crippen molar-refractivity contribution in [3.05, 3.63) is 48.5 Å². The fraction of sp³-hybridized carbons (Fsp3) is 0.533. The van der Waals surface area contributed by atoms with Crippen molar-refractivity contribution < 1.29 is 46.1 Å². The Hall–Kier alpha value is -3.20. The molecule has 2 aromatic carbocycles. The molecular formula is C30H42N2O10S2. The third kappa shape index (κ3) is 10.5. The monoisotopic (exact) mass is 654 g/mol. The van der Waals surface area contributed by atoms with Gasteiger partial charge in [-0.05, 0) is 112 Å². The average molecular weight is 655 g/mol. The lowest BCUT2D eigenvalue weighted by Crippen LogP contribution is -2.32. The number of nitrogens with one attached hydrogen (secondary N) is 2. The van der Waals surface area contributed by atoms with Crippen LogP contribution in [0.25, 0.3) is 0 Å². The number of carboxylic acid groups (broad SMARTS) is 2. The van der Waals surface area contributed by atoms with Crippen molar-refractivity contribution in [2.45, 2.75) is 61.2 Å². The van der Waals surface area contributed by atoms with E-state index in [0.717, 1.165) is 25.7 Å².